The van der Waals surface area contributed by atoms with Crippen molar-refractivity contribution in [3.8, 4) is 0 Å². The average molecular weight is 497 g/mol. The fourth-order valence-electron chi connectivity index (χ4n) is 2.94. The summed E-state index contributed by atoms with van der Waals surface area (Å²) in [6.45, 7) is 0.904. The molecule has 3 aromatic rings. The third-order valence-corrected chi connectivity index (χ3v) is 6.11. The second-order valence-corrected chi connectivity index (χ2v) is 8.99. The molecule has 3 amide bonds. The number of benzene rings is 2. The molecule has 0 saturated heterocycles. The fourth-order valence-corrected chi connectivity index (χ4v) is 3.96. The summed E-state index contributed by atoms with van der Waals surface area (Å²) in [4.78, 5) is 40.6. The van der Waals surface area contributed by atoms with Crippen LogP contribution in [0.15, 0.2) is 77.8 Å². The Morgan fingerprint density at radius 3 is 2.31 bits per heavy atom. The number of nitrogens with zero attached hydrogens (tertiary/aromatic N) is 1. The van der Waals surface area contributed by atoms with Gasteiger partial charge in [0.2, 0.25) is 0 Å². The quantitative estimate of drug-likeness (QED) is 0.361. The number of hydrogen-bond acceptors (Lipinski definition) is 7. The number of rotatable bonds is 10. The smallest absolute Gasteiger partial charge is 0.269 e. The third kappa shape index (κ3) is 7.19. The Labute approximate surface area is 202 Å². The molecular formula is C24H24N4O6S. The lowest BCUT2D eigenvalue weighted by molar-refractivity contribution is 0.0927. The van der Waals surface area contributed by atoms with Gasteiger partial charge in [-0.05, 0) is 35.9 Å². The summed E-state index contributed by atoms with van der Waals surface area (Å²) in [5.41, 5.74) is 1.03. The van der Waals surface area contributed by atoms with Gasteiger partial charge in [-0.1, -0.05) is 36.4 Å². The Hall–Kier alpha value is -4.09. The number of aromatic nitrogens is 1. The van der Waals surface area contributed by atoms with E-state index in [4.69, 9.17) is 4.74 Å². The molecule has 11 heteroatoms. The van der Waals surface area contributed by atoms with Crippen LogP contribution in [0.1, 0.15) is 36.8 Å². The summed E-state index contributed by atoms with van der Waals surface area (Å²) in [7, 11) is -2.77. The fraction of sp³-hybridized carbons (Fsp3) is 0.167. The number of nitrogens with one attached hydrogen (secondary N) is 3. The van der Waals surface area contributed by atoms with Crippen LogP contribution in [-0.2, 0) is 21.3 Å². The van der Waals surface area contributed by atoms with Crippen LogP contribution < -0.4 is 15.4 Å². The van der Waals surface area contributed by atoms with E-state index in [9.17, 15) is 22.8 Å². The summed E-state index contributed by atoms with van der Waals surface area (Å²) >= 11 is 0. The first kappa shape index (κ1) is 25.5. The number of hydrogen-bond donors (Lipinski definition) is 3. The van der Waals surface area contributed by atoms with Gasteiger partial charge in [-0.2, -0.15) is 0 Å². The molecule has 10 nitrogen and oxygen atoms in total. The number of methoxy groups -OCH3 is 1. The number of carbonyl (C=O) groups excluding carboxylic acids is 3. The van der Waals surface area contributed by atoms with Crippen molar-refractivity contribution in [1.82, 2.24) is 20.3 Å². The predicted octanol–water partition coefficient (Wildman–Crippen LogP) is 1.51. The van der Waals surface area contributed by atoms with Crippen molar-refractivity contribution in [2.75, 3.05) is 20.3 Å². The number of sulfonamides is 1. The molecule has 1 aromatic heterocycles. The first-order valence-electron chi connectivity index (χ1n) is 10.5. The van der Waals surface area contributed by atoms with Crippen molar-refractivity contribution in [3.63, 3.8) is 0 Å². The summed E-state index contributed by atoms with van der Waals surface area (Å²) in [6, 6.07) is 17.2. The monoisotopic (exact) mass is 496 g/mol. The summed E-state index contributed by atoms with van der Waals surface area (Å²) in [5, 5.41) is 5.31. The van der Waals surface area contributed by atoms with E-state index in [0.29, 0.717) is 13.2 Å². The topological polar surface area (TPSA) is 144 Å². The molecule has 3 rings (SSSR count). The van der Waals surface area contributed by atoms with Gasteiger partial charge in [0.25, 0.3) is 27.7 Å². The maximum absolute atomic E-state index is 12.7. The molecule has 0 aliphatic heterocycles. The summed E-state index contributed by atoms with van der Waals surface area (Å²) < 4.78 is 32.3. The molecule has 0 bridgehead atoms. The molecule has 0 radical (unpaired) electrons. The molecule has 0 aliphatic carbocycles. The highest BCUT2D eigenvalue weighted by Gasteiger charge is 2.21. The second-order valence-electron chi connectivity index (χ2n) is 7.31. The molecule has 0 spiro atoms. The predicted molar refractivity (Wildman–Crippen MR) is 127 cm³/mol. The van der Waals surface area contributed by atoms with Crippen LogP contribution in [0.5, 0.6) is 0 Å². The Morgan fingerprint density at radius 1 is 0.857 bits per heavy atom. The zero-order chi connectivity index (χ0) is 25.3. The largest absolute Gasteiger partial charge is 0.383 e. The summed E-state index contributed by atoms with van der Waals surface area (Å²) in [6.07, 6.45) is 1.10. The highest BCUT2D eigenvalue weighted by molar-refractivity contribution is 7.90. The maximum atomic E-state index is 12.7. The minimum Gasteiger partial charge on any atom is -0.383 e. The number of pyridine rings is 1. The summed E-state index contributed by atoms with van der Waals surface area (Å²) in [5.74, 6) is -1.84. The first-order valence-corrected chi connectivity index (χ1v) is 12.0. The van der Waals surface area contributed by atoms with E-state index < -0.39 is 27.7 Å². The number of ether oxygens (including phenoxy) is 1. The van der Waals surface area contributed by atoms with Gasteiger partial charge in [0.1, 0.15) is 5.69 Å². The van der Waals surface area contributed by atoms with Crippen molar-refractivity contribution >= 4 is 27.7 Å². The van der Waals surface area contributed by atoms with Crippen LogP contribution in [0.4, 0.5) is 0 Å². The minimum atomic E-state index is -4.27. The number of amides is 3. The highest BCUT2D eigenvalue weighted by atomic mass is 32.2. The Balaban J connectivity index is 1.64. The van der Waals surface area contributed by atoms with Crippen LogP contribution in [0.3, 0.4) is 0 Å². The Morgan fingerprint density at radius 2 is 1.63 bits per heavy atom. The van der Waals surface area contributed by atoms with Crippen LogP contribution in [0.2, 0.25) is 0 Å². The van der Waals surface area contributed by atoms with Crippen LogP contribution in [-0.4, -0.2) is 51.4 Å². The van der Waals surface area contributed by atoms with Crippen LogP contribution in [0.25, 0.3) is 0 Å². The standard InChI is InChI=1S/C24H24N4O6S/c1-34-13-12-25-24(31)21-11-10-19(16-26-21)23(30)28-35(32,33)20-9-5-8-18(14-20)22(29)27-15-17-6-3-2-4-7-17/h2-11,14,16H,12-13,15H2,1H3,(H,25,31)(H,27,29)(H,28,30). The molecule has 2 aromatic carbocycles. The van der Waals surface area contributed by atoms with Crippen molar-refractivity contribution in [2.24, 2.45) is 0 Å². The molecule has 0 unspecified atom stereocenters. The normalized spacial score (nSPS) is 10.9. The maximum Gasteiger partial charge on any atom is 0.269 e. The van der Waals surface area contributed by atoms with Gasteiger partial charge in [-0.15, -0.1) is 0 Å². The van der Waals surface area contributed by atoms with Gasteiger partial charge < -0.3 is 15.4 Å². The highest BCUT2D eigenvalue weighted by Crippen LogP contribution is 2.13. The molecule has 3 N–H and O–H groups in total. The Kier molecular flexibility index (Phi) is 8.65. The third-order valence-electron chi connectivity index (χ3n) is 4.78. The van der Waals surface area contributed by atoms with Crippen LogP contribution in [0, 0.1) is 0 Å². The van der Waals surface area contributed by atoms with Gasteiger partial charge in [0.15, 0.2) is 0 Å². The molecule has 0 fully saturated rings. The van der Waals surface area contributed by atoms with Gasteiger partial charge in [0.05, 0.1) is 17.1 Å². The van der Waals surface area contributed by atoms with E-state index in [1.54, 1.807) is 0 Å². The SMILES string of the molecule is COCCNC(=O)c1ccc(C(=O)NS(=O)(=O)c2cccc(C(=O)NCc3ccccc3)c2)cn1. The van der Waals surface area contributed by atoms with E-state index in [1.807, 2.05) is 35.1 Å². The molecular weight excluding hydrogens is 472 g/mol. The van der Waals surface area contributed by atoms with Gasteiger partial charge in [-0.25, -0.2) is 13.1 Å². The number of carbonyl (C=O) groups is 3. The van der Waals surface area contributed by atoms with E-state index in [0.717, 1.165) is 11.8 Å². The van der Waals surface area contributed by atoms with Crippen molar-refractivity contribution in [3.05, 3.63) is 95.3 Å². The minimum absolute atomic E-state index is 0.0567. The molecule has 0 saturated carbocycles. The molecule has 35 heavy (non-hydrogen) atoms. The van der Waals surface area contributed by atoms with Gasteiger partial charge >= 0.3 is 0 Å². The molecule has 0 aliphatic rings. The van der Waals surface area contributed by atoms with E-state index in [-0.39, 0.29) is 28.3 Å². The van der Waals surface area contributed by atoms with Crippen LogP contribution >= 0.6 is 0 Å². The van der Waals surface area contributed by atoms with Crippen molar-refractivity contribution in [2.45, 2.75) is 11.4 Å². The van der Waals surface area contributed by atoms with E-state index >= 15 is 0 Å². The van der Waals surface area contributed by atoms with E-state index in [1.165, 1.54) is 43.5 Å². The van der Waals surface area contributed by atoms with Crippen molar-refractivity contribution in [1.29, 1.82) is 0 Å². The molecule has 1 heterocycles. The zero-order valence-electron chi connectivity index (χ0n) is 18.9. The van der Waals surface area contributed by atoms with E-state index in [2.05, 4.69) is 15.6 Å². The molecule has 182 valence electrons. The van der Waals surface area contributed by atoms with Gasteiger partial charge in [-0.3, -0.25) is 19.4 Å². The molecule has 0 atom stereocenters. The first-order chi connectivity index (χ1) is 16.8. The Bertz CT molecular complexity index is 1300. The lowest BCUT2D eigenvalue weighted by Gasteiger charge is -2.10. The second kappa shape index (κ2) is 11.9. The lowest BCUT2D eigenvalue weighted by atomic mass is 10.2. The van der Waals surface area contributed by atoms with Crippen molar-refractivity contribution < 1.29 is 27.5 Å². The van der Waals surface area contributed by atoms with Gasteiger partial charge in [0, 0.05) is 32.0 Å². The average Bonchev–Trinajstić information content (AvgIpc) is 2.88. The zero-order valence-corrected chi connectivity index (χ0v) is 19.7. The lowest BCUT2D eigenvalue weighted by Crippen LogP contribution is -2.31.